The molecule has 0 unspecified atom stereocenters. The van der Waals surface area contributed by atoms with Gasteiger partial charge in [-0.2, -0.15) is 0 Å². The van der Waals surface area contributed by atoms with Gasteiger partial charge >= 0.3 is 0 Å². The fourth-order valence-corrected chi connectivity index (χ4v) is 1.26. The summed E-state index contributed by atoms with van der Waals surface area (Å²) in [6, 6.07) is 0. The largest absolute Gasteiger partial charge is 0.394 e. The Hall–Kier alpha value is -0.650. The van der Waals surface area contributed by atoms with Crippen LogP contribution in [0.4, 0.5) is 0 Å². The maximum Gasteiger partial charge on any atom is 0.223 e. The number of nitrogens with one attached hydrogen (secondary N) is 1. The standard InChI is InChI=1S/C10H22N2O3/c1-3-12(4-2)10(15)5-6-11-7-9(14)8-13/h9,11,13-14H,3-8H2,1-2H3/t9-/m0/s1. The molecule has 0 aromatic carbocycles. The van der Waals surface area contributed by atoms with E-state index in [0.29, 0.717) is 19.5 Å². The first-order valence-corrected chi connectivity index (χ1v) is 5.43. The first kappa shape index (κ1) is 14.3. The van der Waals surface area contributed by atoms with Crippen LogP contribution in [-0.4, -0.2) is 59.9 Å². The molecule has 0 radical (unpaired) electrons. The van der Waals surface area contributed by atoms with Gasteiger partial charge in [-0.1, -0.05) is 0 Å². The molecule has 1 amide bonds. The summed E-state index contributed by atoms with van der Waals surface area (Å²) in [5, 5.41) is 20.5. The summed E-state index contributed by atoms with van der Waals surface area (Å²) in [6.07, 6.45) is -0.312. The van der Waals surface area contributed by atoms with Gasteiger partial charge in [-0.15, -0.1) is 0 Å². The molecule has 0 aromatic rings. The Morgan fingerprint density at radius 1 is 1.40 bits per heavy atom. The lowest BCUT2D eigenvalue weighted by molar-refractivity contribution is -0.130. The Labute approximate surface area is 91.1 Å². The SMILES string of the molecule is CCN(CC)C(=O)CCNC[C@H](O)CO. The van der Waals surface area contributed by atoms with Gasteiger partial charge in [0.2, 0.25) is 5.91 Å². The minimum absolute atomic E-state index is 0.117. The van der Waals surface area contributed by atoms with Crippen LogP contribution in [0.5, 0.6) is 0 Å². The molecule has 1 atom stereocenters. The van der Waals surface area contributed by atoms with Crippen LogP contribution in [0.15, 0.2) is 0 Å². The number of carbonyl (C=O) groups is 1. The number of rotatable bonds is 8. The number of aliphatic hydroxyl groups excluding tert-OH is 2. The summed E-state index contributed by atoms with van der Waals surface area (Å²) >= 11 is 0. The number of hydrogen-bond donors (Lipinski definition) is 3. The molecule has 90 valence electrons. The third kappa shape index (κ3) is 6.43. The molecular formula is C10H22N2O3. The normalized spacial score (nSPS) is 12.5. The highest BCUT2D eigenvalue weighted by Gasteiger charge is 2.08. The predicted molar refractivity (Wildman–Crippen MR) is 58.5 cm³/mol. The van der Waals surface area contributed by atoms with Crippen LogP contribution >= 0.6 is 0 Å². The van der Waals surface area contributed by atoms with Gasteiger partial charge in [-0.05, 0) is 13.8 Å². The van der Waals surface area contributed by atoms with Crippen molar-refractivity contribution in [3.63, 3.8) is 0 Å². The lowest BCUT2D eigenvalue weighted by atomic mass is 10.3. The van der Waals surface area contributed by atoms with Crippen LogP contribution in [0.2, 0.25) is 0 Å². The van der Waals surface area contributed by atoms with Gasteiger partial charge in [0.05, 0.1) is 12.7 Å². The summed E-state index contributed by atoms with van der Waals surface area (Å²) in [5.41, 5.74) is 0. The van der Waals surface area contributed by atoms with Gasteiger partial charge in [-0.3, -0.25) is 4.79 Å². The maximum atomic E-state index is 11.5. The third-order valence-electron chi connectivity index (χ3n) is 2.22. The summed E-state index contributed by atoms with van der Waals surface area (Å²) in [4.78, 5) is 13.3. The first-order chi connectivity index (χ1) is 7.15. The second kappa shape index (κ2) is 8.64. The second-order valence-corrected chi connectivity index (χ2v) is 3.36. The Balaban J connectivity index is 3.54. The lowest BCUT2D eigenvalue weighted by Gasteiger charge is -2.18. The van der Waals surface area contributed by atoms with E-state index in [1.54, 1.807) is 4.90 Å². The second-order valence-electron chi connectivity index (χ2n) is 3.36. The van der Waals surface area contributed by atoms with Crippen molar-refractivity contribution in [1.29, 1.82) is 0 Å². The highest BCUT2D eigenvalue weighted by atomic mass is 16.3. The van der Waals surface area contributed by atoms with E-state index in [1.165, 1.54) is 0 Å². The molecule has 0 fully saturated rings. The quantitative estimate of drug-likeness (QED) is 0.466. The Bertz CT molecular complexity index is 172. The molecule has 0 spiro atoms. The maximum absolute atomic E-state index is 11.5. The Morgan fingerprint density at radius 3 is 2.47 bits per heavy atom. The highest BCUT2D eigenvalue weighted by molar-refractivity contribution is 5.76. The lowest BCUT2D eigenvalue weighted by Crippen LogP contribution is -2.35. The van der Waals surface area contributed by atoms with Crippen LogP contribution < -0.4 is 5.32 Å². The summed E-state index contributed by atoms with van der Waals surface area (Å²) < 4.78 is 0. The van der Waals surface area contributed by atoms with Crippen LogP contribution in [0.25, 0.3) is 0 Å². The van der Waals surface area contributed by atoms with Crippen molar-refractivity contribution in [2.45, 2.75) is 26.4 Å². The molecule has 0 aliphatic heterocycles. The van der Waals surface area contributed by atoms with Gasteiger partial charge in [0.25, 0.3) is 0 Å². The minimum atomic E-state index is -0.742. The zero-order chi connectivity index (χ0) is 11.7. The highest BCUT2D eigenvalue weighted by Crippen LogP contribution is 1.92. The van der Waals surface area contributed by atoms with Crippen molar-refractivity contribution in [1.82, 2.24) is 10.2 Å². The summed E-state index contributed by atoms with van der Waals surface area (Å²) in [5.74, 6) is 0.117. The molecular weight excluding hydrogens is 196 g/mol. The molecule has 15 heavy (non-hydrogen) atoms. The van der Waals surface area contributed by atoms with Crippen LogP contribution in [0.3, 0.4) is 0 Å². The summed E-state index contributed by atoms with van der Waals surface area (Å²) in [6.45, 7) is 5.96. The minimum Gasteiger partial charge on any atom is -0.394 e. The first-order valence-electron chi connectivity index (χ1n) is 5.43. The fourth-order valence-electron chi connectivity index (χ4n) is 1.26. The van der Waals surface area contributed by atoms with Crippen molar-refractivity contribution in [2.24, 2.45) is 0 Å². The molecule has 5 heteroatoms. The molecule has 0 bridgehead atoms. The molecule has 0 aromatic heterocycles. The molecule has 0 saturated carbocycles. The molecule has 0 aliphatic carbocycles. The van der Waals surface area contributed by atoms with Crippen LogP contribution in [-0.2, 0) is 4.79 Å². The zero-order valence-corrected chi connectivity index (χ0v) is 9.57. The van der Waals surface area contributed by atoms with Gasteiger partial charge in [0.15, 0.2) is 0 Å². The zero-order valence-electron chi connectivity index (χ0n) is 9.57. The van der Waals surface area contributed by atoms with Crippen molar-refractivity contribution < 1.29 is 15.0 Å². The van der Waals surface area contributed by atoms with Crippen LogP contribution in [0.1, 0.15) is 20.3 Å². The van der Waals surface area contributed by atoms with Crippen LogP contribution in [0, 0.1) is 0 Å². The summed E-state index contributed by atoms with van der Waals surface area (Å²) in [7, 11) is 0. The monoisotopic (exact) mass is 218 g/mol. The number of nitrogens with zero attached hydrogens (tertiary/aromatic N) is 1. The Morgan fingerprint density at radius 2 is 2.00 bits per heavy atom. The molecule has 5 nitrogen and oxygen atoms in total. The Kier molecular flexibility index (Phi) is 8.27. The molecule has 3 N–H and O–H groups in total. The number of amides is 1. The van der Waals surface area contributed by atoms with E-state index in [-0.39, 0.29) is 12.5 Å². The van der Waals surface area contributed by atoms with E-state index in [4.69, 9.17) is 10.2 Å². The topological polar surface area (TPSA) is 72.8 Å². The molecule has 0 saturated heterocycles. The van der Waals surface area contributed by atoms with Crippen molar-refractivity contribution in [2.75, 3.05) is 32.8 Å². The van der Waals surface area contributed by atoms with E-state index in [9.17, 15) is 4.79 Å². The average Bonchev–Trinajstić information content (AvgIpc) is 2.25. The number of carbonyl (C=O) groups excluding carboxylic acids is 1. The van der Waals surface area contributed by atoms with Crippen molar-refractivity contribution >= 4 is 5.91 Å². The third-order valence-corrected chi connectivity index (χ3v) is 2.22. The average molecular weight is 218 g/mol. The van der Waals surface area contributed by atoms with Crippen molar-refractivity contribution in [3.05, 3.63) is 0 Å². The van der Waals surface area contributed by atoms with Gasteiger partial charge < -0.3 is 20.4 Å². The van der Waals surface area contributed by atoms with E-state index < -0.39 is 6.10 Å². The predicted octanol–water partition coefficient (Wildman–Crippen LogP) is -0.812. The van der Waals surface area contributed by atoms with Crippen molar-refractivity contribution in [3.8, 4) is 0 Å². The fraction of sp³-hybridized carbons (Fsp3) is 0.900. The van der Waals surface area contributed by atoms with E-state index in [1.807, 2.05) is 13.8 Å². The number of hydrogen-bond acceptors (Lipinski definition) is 4. The smallest absolute Gasteiger partial charge is 0.223 e. The van der Waals surface area contributed by atoms with Gasteiger partial charge in [0, 0.05) is 32.6 Å². The molecule has 0 heterocycles. The van der Waals surface area contributed by atoms with E-state index in [2.05, 4.69) is 5.32 Å². The van der Waals surface area contributed by atoms with E-state index in [0.717, 1.165) is 13.1 Å². The van der Waals surface area contributed by atoms with Gasteiger partial charge in [0.1, 0.15) is 0 Å². The van der Waals surface area contributed by atoms with Gasteiger partial charge in [-0.25, -0.2) is 0 Å². The van der Waals surface area contributed by atoms with E-state index >= 15 is 0 Å². The molecule has 0 aliphatic rings. The number of aliphatic hydroxyl groups is 2. The molecule has 0 rings (SSSR count).